The van der Waals surface area contributed by atoms with Crippen molar-refractivity contribution in [2.24, 2.45) is 28.9 Å². The number of aryl methyl sites for hydroxylation is 1. The lowest BCUT2D eigenvalue weighted by atomic mass is 9.98. The van der Waals surface area contributed by atoms with Gasteiger partial charge in [-0.25, -0.2) is 0 Å². The zero-order valence-electron chi connectivity index (χ0n) is 8.18. The number of nitrogens with two attached hydrogens (primary N) is 1. The highest BCUT2D eigenvalue weighted by Crippen LogP contribution is 2.15. The van der Waals surface area contributed by atoms with Crippen molar-refractivity contribution in [3.8, 4) is 0 Å². The fraction of sp³-hybridized carbons (Fsp3) is 0.500. The standard InChI is InChI=1S/C8H12N6/c1-5-3-7(9)11-12-8(5)6-4-14(2)13-10-6/h4-5H,3H2,1-2H3,(H2,9,11). The van der Waals surface area contributed by atoms with E-state index in [0.29, 0.717) is 5.84 Å². The van der Waals surface area contributed by atoms with Gasteiger partial charge in [0.2, 0.25) is 0 Å². The third-order valence-corrected chi connectivity index (χ3v) is 2.13. The van der Waals surface area contributed by atoms with Gasteiger partial charge in [0.1, 0.15) is 11.5 Å². The van der Waals surface area contributed by atoms with Gasteiger partial charge in [-0.05, 0) is 0 Å². The van der Waals surface area contributed by atoms with Crippen LogP contribution in [0.5, 0.6) is 0 Å². The van der Waals surface area contributed by atoms with E-state index in [2.05, 4.69) is 27.4 Å². The van der Waals surface area contributed by atoms with Gasteiger partial charge in [0.15, 0.2) is 0 Å². The molecule has 0 radical (unpaired) electrons. The van der Waals surface area contributed by atoms with Crippen LogP contribution in [0.2, 0.25) is 0 Å². The molecule has 1 aromatic rings. The third-order valence-electron chi connectivity index (χ3n) is 2.13. The quantitative estimate of drug-likeness (QED) is 0.675. The summed E-state index contributed by atoms with van der Waals surface area (Å²) < 4.78 is 1.65. The molecule has 2 N–H and O–H groups in total. The third kappa shape index (κ3) is 1.50. The minimum Gasteiger partial charge on any atom is -0.386 e. The zero-order chi connectivity index (χ0) is 10.1. The van der Waals surface area contributed by atoms with Gasteiger partial charge < -0.3 is 5.73 Å². The van der Waals surface area contributed by atoms with Crippen molar-refractivity contribution in [3.63, 3.8) is 0 Å². The molecule has 0 saturated carbocycles. The summed E-state index contributed by atoms with van der Waals surface area (Å²) in [6.45, 7) is 2.05. The van der Waals surface area contributed by atoms with Crippen LogP contribution in [0.3, 0.4) is 0 Å². The van der Waals surface area contributed by atoms with E-state index in [4.69, 9.17) is 5.73 Å². The Hall–Kier alpha value is -1.72. The second-order valence-corrected chi connectivity index (χ2v) is 3.46. The Bertz CT molecular complexity index is 402. The Labute approximate surface area is 81.5 Å². The summed E-state index contributed by atoms with van der Waals surface area (Å²) in [7, 11) is 1.82. The lowest BCUT2D eigenvalue weighted by molar-refractivity contribution is 0.714. The summed E-state index contributed by atoms with van der Waals surface area (Å²) in [6, 6.07) is 0. The largest absolute Gasteiger partial charge is 0.386 e. The molecule has 1 aliphatic heterocycles. The van der Waals surface area contributed by atoms with Crippen molar-refractivity contribution in [2.45, 2.75) is 13.3 Å². The van der Waals surface area contributed by atoms with Crippen LogP contribution in [0, 0.1) is 5.92 Å². The van der Waals surface area contributed by atoms with Crippen molar-refractivity contribution >= 4 is 11.5 Å². The van der Waals surface area contributed by atoms with Crippen LogP contribution in [0.15, 0.2) is 16.4 Å². The summed E-state index contributed by atoms with van der Waals surface area (Å²) in [4.78, 5) is 0. The first kappa shape index (κ1) is 8.86. The van der Waals surface area contributed by atoms with Gasteiger partial charge >= 0.3 is 0 Å². The minimum atomic E-state index is 0.254. The summed E-state index contributed by atoms with van der Waals surface area (Å²) in [5.74, 6) is 0.828. The Morgan fingerprint density at radius 3 is 2.86 bits per heavy atom. The van der Waals surface area contributed by atoms with Crippen LogP contribution in [0.4, 0.5) is 0 Å². The van der Waals surface area contributed by atoms with Crippen LogP contribution in [0.25, 0.3) is 0 Å². The van der Waals surface area contributed by atoms with Gasteiger partial charge in [0.25, 0.3) is 0 Å². The van der Waals surface area contributed by atoms with E-state index in [9.17, 15) is 0 Å². The monoisotopic (exact) mass is 192 g/mol. The highest BCUT2D eigenvalue weighted by atomic mass is 15.4. The summed E-state index contributed by atoms with van der Waals surface area (Å²) in [5.41, 5.74) is 7.20. The molecule has 0 fully saturated rings. The second kappa shape index (κ2) is 3.21. The molecular weight excluding hydrogens is 180 g/mol. The summed E-state index contributed by atoms with van der Waals surface area (Å²) >= 11 is 0. The van der Waals surface area contributed by atoms with Gasteiger partial charge in [0.05, 0.1) is 11.9 Å². The van der Waals surface area contributed by atoms with E-state index in [1.165, 1.54) is 0 Å². The molecule has 74 valence electrons. The van der Waals surface area contributed by atoms with E-state index in [0.717, 1.165) is 17.8 Å². The molecular formula is C8H12N6. The van der Waals surface area contributed by atoms with Crippen molar-refractivity contribution in [3.05, 3.63) is 11.9 Å². The molecule has 2 heterocycles. The smallest absolute Gasteiger partial charge is 0.129 e. The molecule has 0 saturated heterocycles. The van der Waals surface area contributed by atoms with E-state index in [-0.39, 0.29) is 5.92 Å². The molecule has 1 unspecified atom stereocenters. The van der Waals surface area contributed by atoms with Crippen molar-refractivity contribution < 1.29 is 0 Å². The van der Waals surface area contributed by atoms with Crippen LogP contribution in [-0.2, 0) is 7.05 Å². The fourth-order valence-corrected chi connectivity index (χ4v) is 1.44. The Morgan fingerprint density at radius 1 is 1.50 bits per heavy atom. The number of nitrogens with zero attached hydrogens (tertiary/aromatic N) is 5. The molecule has 0 bridgehead atoms. The van der Waals surface area contributed by atoms with Crippen LogP contribution < -0.4 is 5.73 Å². The molecule has 2 rings (SSSR count). The molecule has 0 spiro atoms. The molecule has 14 heavy (non-hydrogen) atoms. The highest BCUT2D eigenvalue weighted by molar-refractivity contribution is 6.04. The van der Waals surface area contributed by atoms with E-state index < -0.39 is 0 Å². The van der Waals surface area contributed by atoms with Crippen molar-refractivity contribution in [1.82, 2.24) is 15.0 Å². The number of hydrogen-bond acceptors (Lipinski definition) is 5. The molecule has 1 aliphatic rings. The summed E-state index contributed by atoms with van der Waals surface area (Å²) in [6.07, 6.45) is 2.56. The molecule has 0 aliphatic carbocycles. The predicted octanol–water partition coefficient (Wildman–Crippen LogP) is -0.0838. The average molecular weight is 192 g/mol. The fourth-order valence-electron chi connectivity index (χ4n) is 1.44. The Kier molecular flexibility index (Phi) is 2.03. The first-order valence-corrected chi connectivity index (χ1v) is 4.43. The molecule has 1 aromatic heterocycles. The van der Waals surface area contributed by atoms with E-state index in [1.807, 2.05) is 13.2 Å². The van der Waals surface area contributed by atoms with E-state index in [1.54, 1.807) is 4.68 Å². The SMILES string of the molecule is CC1CC(N)=NN=C1c1cn(C)nn1. The maximum absolute atomic E-state index is 5.57. The number of rotatable bonds is 1. The normalized spacial score (nSPS) is 21.7. The number of aromatic nitrogens is 3. The second-order valence-electron chi connectivity index (χ2n) is 3.46. The van der Waals surface area contributed by atoms with Crippen LogP contribution in [0.1, 0.15) is 19.0 Å². The Balaban J connectivity index is 2.34. The first-order valence-electron chi connectivity index (χ1n) is 4.43. The van der Waals surface area contributed by atoms with Crippen LogP contribution >= 0.6 is 0 Å². The van der Waals surface area contributed by atoms with Gasteiger partial charge in [-0.3, -0.25) is 4.68 Å². The number of amidine groups is 1. The lowest BCUT2D eigenvalue weighted by Crippen LogP contribution is -2.25. The molecule has 0 amide bonds. The van der Waals surface area contributed by atoms with Gasteiger partial charge in [-0.2, -0.15) is 5.10 Å². The molecule has 6 nitrogen and oxygen atoms in total. The van der Waals surface area contributed by atoms with Crippen LogP contribution in [-0.4, -0.2) is 26.5 Å². The number of hydrogen-bond donors (Lipinski definition) is 1. The lowest BCUT2D eigenvalue weighted by Gasteiger charge is -2.14. The van der Waals surface area contributed by atoms with Gasteiger partial charge in [-0.1, -0.05) is 12.1 Å². The molecule has 6 heteroatoms. The molecule has 0 aromatic carbocycles. The minimum absolute atomic E-state index is 0.254. The Morgan fingerprint density at radius 2 is 2.29 bits per heavy atom. The van der Waals surface area contributed by atoms with Gasteiger partial charge in [0, 0.05) is 19.4 Å². The van der Waals surface area contributed by atoms with E-state index >= 15 is 0 Å². The van der Waals surface area contributed by atoms with Crippen molar-refractivity contribution in [2.75, 3.05) is 0 Å². The zero-order valence-corrected chi connectivity index (χ0v) is 8.18. The maximum Gasteiger partial charge on any atom is 0.129 e. The average Bonchev–Trinajstić information content (AvgIpc) is 2.51. The molecule has 1 atom stereocenters. The summed E-state index contributed by atoms with van der Waals surface area (Å²) in [5, 5.41) is 15.7. The maximum atomic E-state index is 5.57. The van der Waals surface area contributed by atoms with Gasteiger partial charge in [-0.15, -0.1) is 10.2 Å². The first-order chi connectivity index (χ1) is 6.66. The highest BCUT2D eigenvalue weighted by Gasteiger charge is 2.20. The van der Waals surface area contributed by atoms with Crippen molar-refractivity contribution in [1.29, 1.82) is 0 Å². The predicted molar refractivity (Wildman–Crippen MR) is 52.9 cm³/mol. The topological polar surface area (TPSA) is 81.5 Å².